The second-order valence-electron chi connectivity index (χ2n) is 5.77. The van der Waals surface area contributed by atoms with Crippen molar-refractivity contribution in [1.29, 1.82) is 0 Å². The van der Waals surface area contributed by atoms with Gasteiger partial charge in [0, 0.05) is 24.7 Å². The van der Waals surface area contributed by atoms with Crippen LogP contribution >= 0.6 is 0 Å². The highest BCUT2D eigenvalue weighted by atomic mass is 19.4. The molecular formula is C16H19F3N2O2. The van der Waals surface area contributed by atoms with Crippen LogP contribution in [-0.4, -0.2) is 24.4 Å². The van der Waals surface area contributed by atoms with Gasteiger partial charge in [-0.3, -0.25) is 9.59 Å². The first-order valence-corrected chi connectivity index (χ1v) is 7.50. The number of rotatable bonds is 4. The zero-order valence-electron chi connectivity index (χ0n) is 13.0. The van der Waals surface area contributed by atoms with Crippen molar-refractivity contribution >= 4 is 17.5 Å². The highest BCUT2D eigenvalue weighted by molar-refractivity contribution is 6.00. The second-order valence-corrected chi connectivity index (χ2v) is 5.77. The van der Waals surface area contributed by atoms with E-state index < -0.39 is 17.7 Å². The zero-order valence-corrected chi connectivity index (χ0v) is 13.0. The number of nitrogens with zero attached hydrogens (tertiary/aromatic N) is 1. The van der Waals surface area contributed by atoms with E-state index in [1.165, 1.54) is 17.0 Å². The minimum Gasteiger partial charge on any atom is -0.353 e. The first-order valence-electron chi connectivity index (χ1n) is 7.50. The summed E-state index contributed by atoms with van der Waals surface area (Å²) in [5.74, 6) is -1.11. The largest absolute Gasteiger partial charge is 0.416 e. The Hall–Kier alpha value is -2.05. The fourth-order valence-electron chi connectivity index (χ4n) is 2.45. The van der Waals surface area contributed by atoms with Gasteiger partial charge in [0.1, 0.15) is 0 Å². The summed E-state index contributed by atoms with van der Waals surface area (Å²) in [5.41, 5.74) is -0.640. The van der Waals surface area contributed by atoms with E-state index in [1.54, 1.807) is 0 Å². The van der Waals surface area contributed by atoms with Gasteiger partial charge in [-0.05, 0) is 31.5 Å². The van der Waals surface area contributed by atoms with Crippen LogP contribution in [0.4, 0.5) is 18.9 Å². The Labute approximate surface area is 132 Å². The Morgan fingerprint density at radius 3 is 2.74 bits per heavy atom. The molecule has 1 aromatic rings. The fourth-order valence-corrected chi connectivity index (χ4v) is 2.45. The molecular weight excluding hydrogens is 309 g/mol. The molecule has 0 aromatic heterocycles. The molecule has 2 amide bonds. The molecule has 1 aromatic carbocycles. The fraction of sp³-hybridized carbons (Fsp3) is 0.500. The Morgan fingerprint density at radius 1 is 1.43 bits per heavy atom. The molecule has 0 spiro atoms. The van der Waals surface area contributed by atoms with Gasteiger partial charge in [-0.15, -0.1) is 0 Å². The van der Waals surface area contributed by atoms with E-state index in [0.29, 0.717) is 0 Å². The van der Waals surface area contributed by atoms with E-state index >= 15 is 0 Å². The molecule has 2 atom stereocenters. The molecule has 1 fully saturated rings. The minimum atomic E-state index is -4.47. The van der Waals surface area contributed by atoms with Gasteiger partial charge in [-0.25, -0.2) is 0 Å². The van der Waals surface area contributed by atoms with Crippen LogP contribution in [0.25, 0.3) is 0 Å². The molecule has 2 rings (SSSR count). The van der Waals surface area contributed by atoms with Gasteiger partial charge in [0.25, 0.3) is 0 Å². The number of halogens is 3. The maximum atomic E-state index is 12.8. The number of carbonyl (C=O) groups is 2. The Morgan fingerprint density at radius 2 is 2.13 bits per heavy atom. The summed E-state index contributed by atoms with van der Waals surface area (Å²) in [6, 6.07) is 4.60. The minimum absolute atomic E-state index is 0.000194. The number of nitrogens with one attached hydrogen (secondary N) is 1. The van der Waals surface area contributed by atoms with Crippen LogP contribution in [0, 0.1) is 5.92 Å². The molecule has 126 valence electrons. The third-order valence-electron chi connectivity index (χ3n) is 3.98. The van der Waals surface area contributed by atoms with Crippen molar-refractivity contribution in [3.05, 3.63) is 29.8 Å². The standard InChI is InChI=1S/C16H19F3N2O2/c1-3-10(2)20-15(23)11-7-14(22)21(9-11)13-6-4-5-12(8-13)16(17,18)19/h4-6,8,10-11H,3,7,9H2,1-2H3,(H,20,23)/t10-,11-/m0/s1. The number of hydrogen-bond donors (Lipinski definition) is 1. The molecule has 0 saturated carbocycles. The molecule has 4 nitrogen and oxygen atoms in total. The van der Waals surface area contributed by atoms with Crippen LogP contribution in [0.15, 0.2) is 24.3 Å². The highest BCUT2D eigenvalue weighted by Crippen LogP contribution is 2.33. The van der Waals surface area contributed by atoms with Crippen LogP contribution in [0.1, 0.15) is 32.3 Å². The smallest absolute Gasteiger partial charge is 0.353 e. The first-order chi connectivity index (χ1) is 10.7. The number of anilines is 1. The van der Waals surface area contributed by atoms with Crippen LogP contribution in [0.2, 0.25) is 0 Å². The summed E-state index contributed by atoms with van der Waals surface area (Å²) < 4.78 is 38.3. The first kappa shape index (κ1) is 17.3. The van der Waals surface area contributed by atoms with Crippen molar-refractivity contribution in [3.8, 4) is 0 Å². The highest BCUT2D eigenvalue weighted by Gasteiger charge is 2.37. The average molecular weight is 328 g/mol. The lowest BCUT2D eigenvalue weighted by molar-refractivity contribution is -0.137. The molecule has 1 N–H and O–H groups in total. The number of hydrogen-bond acceptors (Lipinski definition) is 2. The van der Waals surface area contributed by atoms with Gasteiger partial charge in [0.15, 0.2) is 0 Å². The SMILES string of the molecule is CC[C@H](C)NC(=O)[C@H]1CC(=O)N(c2cccc(C(F)(F)F)c2)C1. The monoisotopic (exact) mass is 328 g/mol. The molecule has 0 unspecified atom stereocenters. The number of amides is 2. The molecule has 1 saturated heterocycles. The Bertz CT molecular complexity index is 601. The summed E-state index contributed by atoms with van der Waals surface area (Å²) in [4.78, 5) is 25.4. The van der Waals surface area contributed by atoms with E-state index in [9.17, 15) is 22.8 Å². The number of alkyl halides is 3. The molecule has 7 heteroatoms. The Kier molecular flexibility index (Phi) is 4.97. The van der Waals surface area contributed by atoms with Crippen LogP contribution in [0.3, 0.4) is 0 Å². The lowest BCUT2D eigenvalue weighted by Gasteiger charge is -2.19. The van der Waals surface area contributed by atoms with Crippen LogP contribution in [-0.2, 0) is 15.8 Å². The van der Waals surface area contributed by atoms with Gasteiger partial charge in [0.2, 0.25) is 11.8 Å². The molecule has 23 heavy (non-hydrogen) atoms. The van der Waals surface area contributed by atoms with Crippen molar-refractivity contribution in [1.82, 2.24) is 5.32 Å². The topological polar surface area (TPSA) is 49.4 Å². The van der Waals surface area contributed by atoms with Crippen molar-refractivity contribution in [2.75, 3.05) is 11.4 Å². The summed E-state index contributed by atoms with van der Waals surface area (Å²) in [6.45, 7) is 3.89. The van der Waals surface area contributed by atoms with Crippen molar-refractivity contribution in [3.63, 3.8) is 0 Å². The van der Waals surface area contributed by atoms with Gasteiger partial charge in [-0.1, -0.05) is 13.0 Å². The second kappa shape index (κ2) is 6.60. The quantitative estimate of drug-likeness (QED) is 0.924. The molecule has 0 radical (unpaired) electrons. The van der Waals surface area contributed by atoms with Crippen LogP contribution in [0.5, 0.6) is 0 Å². The van der Waals surface area contributed by atoms with E-state index in [2.05, 4.69) is 5.32 Å². The maximum absolute atomic E-state index is 12.8. The van der Waals surface area contributed by atoms with Crippen molar-refractivity contribution < 1.29 is 22.8 Å². The molecule has 1 aliphatic heterocycles. The predicted molar refractivity (Wildman–Crippen MR) is 79.8 cm³/mol. The predicted octanol–water partition coefficient (Wildman–Crippen LogP) is 2.97. The third kappa shape index (κ3) is 4.03. The average Bonchev–Trinajstić information content (AvgIpc) is 2.88. The van der Waals surface area contributed by atoms with E-state index in [1.807, 2.05) is 13.8 Å². The molecule has 0 aliphatic carbocycles. The summed E-state index contributed by atoms with van der Waals surface area (Å²) >= 11 is 0. The van der Waals surface area contributed by atoms with E-state index in [4.69, 9.17) is 0 Å². The molecule has 1 heterocycles. The van der Waals surface area contributed by atoms with Gasteiger partial charge >= 0.3 is 6.18 Å². The van der Waals surface area contributed by atoms with E-state index in [-0.39, 0.29) is 36.5 Å². The lowest BCUT2D eigenvalue weighted by atomic mass is 10.1. The zero-order chi connectivity index (χ0) is 17.2. The molecule has 0 bridgehead atoms. The number of carbonyl (C=O) groups excluding carboxylic acids is 2. The maximum Gasteiger partial charge on any atom is 0.416 e. The molecule has 1 aliphatic rings. The normalized spacial score (nSPS) is 19.8. The van der Waals surface area contributed by atoms with Gasteiger partial charge in [0.05, 0.1) is 11.5 Å². The van der Waals surface area contributed by atoms with Crippen molar-refractivity contribution in [2.45, 2.75) is 38.9 Å². The Balaban J connectivity index is 2.13. The summed E-state index contributed by atoms with van der Waals surface area (Å²) in [6.07, 6.45) is -3.69. The van der Waals surface area contributed by atoms with Gasteiger partial charge in [-0.2, -0.15) is 13.2 Å². The lowest BCUT2D eigenvalue weighted by Crippen LogP contribution is -2.38. The number of benzene rings is 1. The summed E-state index contributed by atoms with van der Waals surface area (Å²) in [7, 11) is 0. The third-order valence-corrected chi connectivity index (χ3v) is 3.98. The van der Waals surface area contributed by atoms with Crippen LogP contribution < -0.4 is 10.2 Å². The van der Waals surface area contributed by atoms with E-state index in [0.717, 1.165) is 18.6 Å². The van der Waals surface area contributed by atoms with Crippen molar-refractivity contribution in [2.24, 2.45) is 5.92 Å². The van der Waals surface area contributed by atoms with Gasteiger partial charge < -0.3 is 10.2 Å². The summed E-state index contributed by atoms with van der Waals surface area (Å²) in [5, 5.41) is 2.80.